The molecule has 1 aliphatic heterocycles. The average Bonchev–Trinajstić information content (AvgIpc) is 2.66. The first-order valence-electron chi connectivity index (χ1n) is 5.77. The smallest absolute Gasteiger partial charge is 0.289 e. The molecule has 1 aromatic carbocycles. The standard InChI is InChI=1S/C13H11NO4S3/c1-2-7-14-12(15)10(20-13(14)19)8-9-5-3-4-6-11(9)21(16,17)18/h2-6,8H,1,7H2,(H,16,17,18)/b10-8-. The van der Waals surface area contributed by atoms with Gasteiger partial charge in [0.05, 0.1) is 4.91 Å². The van der Waals surface area contributed by atoms with Crippen LogP contribution in [0.4, 0.5) is 0 Å². The van der Waals surface area contributed by atoms with Gasteiger partial charge in [0.25, 0.3) is 16.0 Å². The molecule has 1 aromatic rings. The van der Waals surface area contributed by atoms with Gasteiger partial charge in [0.15, 0.2) is 0 Å². The van der Waals surface area contributed by atoms with E-state index in [1.54, 1.807) is 12.1 Å². The van der Waals surface area contributed by atoms with Crippen LogP contribution in [0.15, 0.2) is 46.7 Å². The highest BCUT2D eigenvalue weighted by Crippen LogP contribution is 2.33. The summed E-state index contributed by atoms with van der Waals surface area (Å²) >= 11 is 6.17. The number of nitrogens with zero attached hydrogens (tertiary/aromatic N) is 1. The molecule has 0 saturated carbocycles. The second-order valence-electron chi connectivity index (χ2n) is 4.09. The first kappa shape index (κ1) is 15.9. The van der Waals surface area contributed by atoms with Gasteiger partial charge in [0.1, 0.15) is 9.22 Å². The van der Waals surface area contributed by atoms with E-state index in [1.165, 1.54) is 29.2 Å². The van der Waals surface area contributed by atoms with Crippen molar-refractivity contribution in [2.24, 2.45) is 0 Å². The number of carbonyl (C=O) groups is 1. The highest BCUT2D eigenvalue weighted by Gasteiger charge is 2.31. The van der Waals surface area contributed by atoms with Gasteiger partial charge in [-0.3, -0.25) is 14.2 Å². The molecule has 0 aromatic heterocycles. The van der Waals surface area contributed by atoms with Crippen LogP contribution in [0.1, 0.15) is 5.56 Å². The van der Waals surface area contributed by atoms with Crippen LogP contribution in [-0.4, -0.2) is 34.6 Å². The summed E-state index contributed by atoms with van der Waals surface area (Å²) < 4.78 is 32.2. The maximum atomic E-state index is 12.2. The molecule has 1 N–H and O–H groups in total. The normalized spacial score (nSPS) is 17.6. The quantitative estimate of drug-likeness (QED) is 0.392. The Morgan fingerprint density at radius 3 is 2.67 bits per heavy atom. The third-order valence-electron chi connectivity index (χ3n) is 2.67. The third kappa shape index (κ3) is 3.41. The first-order valence-corrected chi connectivity index (χ1v) is 8.44. The van der Waals surface area contributed by atoms with Crippen molar-refractivity contribution in [3.8, 4) is 0 Å². The second-order valence-corrected chi connectivity index (χ2v) is 7.16. The van der Waals surface area contributed by atoms with Crippen LogP contribution in [0.25, 0.3) is 6.08 Å². The molecular weight excluding hydrogens is 330 g/mol. The fourth-order valence-corrected chi connectivity index (χ4v) is 3.70. The maximum Gasteiger partial charge on any atom is 0.295 e. The number of benzene rings is 1. The fraction of sp³-hybridized carbons (Fsp3) is 0.0769. The Kier molecular flexibility index (Phi) is 4.62. The average molecular weight is 341 g/mol. The Balaban J connectivity index is 2.45. The van der Waals surface area contributed by atoms with Crippen molar-refractivity contribution in [2.75, 3.05) is 6.54 Å². The Morgan fingerprint density at radius 1 is 1.38 bits per heavy atom. The second kappa shape index (κ2) is 6.10. The van der Waals surface area contributed by atoms with Crippen LogP contribution in [-0.2, 0) is 14.9 Å². The van der Waals surface area contributed by atoms with Crippen LogP contribution in [0.2, 0.25) is 0 Å². The Hall–Kier alpha value is -1.48. The number of carbonyl (C=O) groups excluding carboxylic acids is 1. The Morgan fingerprint density at radius 2 is 2.05 bits per heavy atom. The molecule has 0 bridgehead atoms. The van der Waals surface area contributed by atoms with Crippen LogP contribution in [0.5, 0.6) is 0 Å². The van der Waals surface area contributed by atoms with Crippen molar-refractivity contribution in [2.45, 2.75) is 4.90 Å². The third-order valence-corrected chi connectivity index (χ3v) is 4.97. The van der Waals surface area contributed by atoms with Crippen LogP contribution >= 0.6 is 24.0 Å². The topological polar surface area (TPSA) is 74.7 Å². The van der Waals surface area contributed by atoms with E-state index >= 15 is 0 Å². The summed E-state index contributed by atoms with van der Waals surface area (Å²) in [7, 11) is -4.36. The van der Waals surface area contributed by atoms with E-state index in [-0.39, 0.29) is 16.4 Å². The van der Waals surface area contributed by atoms with Crippen LogP contribution in [0, 0.1) is 0 Å². The minimum absolute atomic E-state index is 0.235. The predicted molar refractivity (Wildman–Crippen MR) is 86.3 cm³/mol. The largest absolute Gasteiger partial charge is 0.295 e. The summed E-state index contributed by atoms with van der Waals surface area (Å²) in [6, 6.07) is 5.88. The van der Waals surface area contributed by atoms with E-state index in [0.29, 0.717) is 15.8 Å². The predicted octanol–water partition coefficient (Wildman–Crippen LogP) is 2.32. The van der Waals surface area contributed by atoms with E-state index in [0.717, 1.165) is 11.8 Å². The molecule has 2 rings (SSSR count). The van der Waals surface area contributed by atoms with Gasteiger partial charge in [0.2, 0.25) is 0 Å². The zero-order chi connectivity index (χ0) is 15.6. The molecule has 0 unspecified atom stereocenters. The number of thiocarbonyl (C=S) groups is 1. The van der Waals surface area contributed by atoms with Gasteiger partial charge in [-0.1, -0.05) is 48.3 Å². The molecule has 1 amide bonds. The molecule has 1 heterocycles. The zero-order valence-corrected chi connectivity index (χ0v) is 13.2. The van der Waals surface area contributed by atoms with E-state index in [9.17, 15) is 17.8 Å². The summed E-state index contributed by atoms with van der Waals surface area (Å²) in [5.41, 5.74) is 0.235. The van der Waals surface area contributed by atoms with Crippen molar-refractivity contribution in [3.63, 3.8) is 0 Å². The van der Waals surface area contributed by atoms with Crippen LogP contribution in [0.3, 0.4) is 0 Å². The number of hydrogen-bond acceptors (Lipinski definition) is 5. The lowest BCUT2D eigenvalue weighted by Gasteiger charge is -2.10. The number of rotatable bonds is 4. The Labute approximate surface area is 132 Å². The number of amides is 1. The fourth-order valence-electron chi connectivity index (χ4n) is 1.76. The zero-order valence-electron chi connectivity index (χ0n) is 10.7. The van der Waals surface area contributed by atoms with E-state index < -0.39 is 10.1 Å². The van der Waals surface area contributed by atoms with Gasteiger partial charge >= 0.3 is 0 Å². The molecule has 110 valence electrons. The molecule has 21 heavy (non-hydrogen) atoms. The molecule has 0 atom stereocenters. The molecule has 5 nitrogen and oxygen atoms in total. The summed E-state index contributed by atoms with van der Waals surface area (Å²) in [6.45, 7) is 3.85. The summed E-state index contributed by atoms with van der Waals surface area (Å²) in [5, 5.41) is 0. The molecular formula is C13H11NO4S3. The Bertz CT molecular complexity index is 752. The van der Waals surface area contributed by atoms with Gasteiger partial charge in [-0.15, -0.1) is 6.58 Å². The van der Waals surface area contributed by atoms with Gasteiger partial charge in [-0.25, -0.2) is 0 Å². The molecule has 1 saturated heterocycles. The number of thioether (sulfide) groups is 1. The monoisotopic (exact) mass is 341 g/mol. The molecule has 8 heteroatoms. The summed E-state index contributed by atoms with van der Waals surface area (Å²) in [4.78, 5) is 13.6. The highest BCUT2D eigenvalue weighted by molar-refractivity contribution is 8.26. The van der Waals surface area contributed by atoms with Crippen molar-refractivity contribution in [3.05, 3.63) is 47.4 Å². The molecule has 0 aliphatic carbocycles. The van der Waals surface area contributed by atoms with E-state index in [1.807, 2.05) is 0 Å². The minimum atomic E-state index is -4.36. The summed E-state index contributed by atoms with van der Waals surface area (Å²) in [5.74, 6) is -0.310. The molecule has 1 fully saturated rings. The lowest BCUT2D eigenvalue weighted by atomic mass is 10.2. The minimum Gasteiger partial charge on any atom is -0.289 e. The molecule has 0 radical (unpaired) electrons. The lowest BCUT2D eigenvalue weighted by Crippen LogP contribution is -2.27. The van der Waals surface area contributed by atoms with Crippen molar-refractivity contribution in [1.29, 1.82) is 0 Å². The van der Waals surface area contributed by atoms with Crippen molar-refractivity contribution >= 4 is 50.4 Å². The maximum absolute atomic E-state index is 12.2. The van der Waals surface area contributed by atoms with E-state index in [4.69, 9.17) is 12.2 Å². The van der Waals surface area contributed by atoms with Crippen LogP contribution < -0.4 is 0 Å². The van der Waals surface area contributed by atoms with Gasteiger partial charge in [-0.05, 0) is 17.7 Å². The number of hydrogen-bond donors (Lipinski definition) is 1. The molecule has 0 spiro atoms. The van der Waals surface area contributed by atoms with Crippen molar-refractivity contribution in [1.82, 2.24) is 4.90 Å². The lowest BCUT2D eigenvalue weighted by molar-refractivity contribution is -0.121. The van der Waals surface area contributed by atoms with E-state index in [2.05, 4.69) is 6.58 Å². The van der Waals surface area contributed by atoms with Crippen molar-refractivity contribution < 1.29 is 17.8 Å². The molecule has 1 aliphatic rings. The SMILES string of the molecule is C=CCN1C(=O)/C(=C/c2ccccc2S(=O)(=O)O)SC1=S. The highest BCUT2D eigenvalue weighted by atomic mass is 32.2. The van der Waals surface area contributed by atoms with Gasteiger partial charge < -0.3 is 0 Å². The first-order chi connectivity index (χ1) is 9.84. The van der Waals surface area contributed by atoms with Gasteiger partial charge in [0, 0.05) is 6.54 Å². The van der Waals surface area contributed by atoms with Gasteiger partial charge in [-0.2, -0.15) is 8.42 Å². The summed E-state index contributed by atoms with van der Waals surface area (Å²) in [6.07, 6.45) is 2.96.